The first-order valence-corrected chi connectivity index (χ1v) is 26.9. The summed E-state index contributed by atoms with van der Waals surface area (Å²) in [5, 5.41) is 0. The van der Waals surface area contributed by atoms with Crippen molar-refractivity contribution in [3.05, 3.63) is 219 Å². The minimum absolute atomic E-state index is 0.00608. The van der Waals surface area contributed by atoms with Crippen molar-refractivity contribution >= 4 is 45.9 Å². The number of benzene rings is 5. The maximum Gasteiger partial charge on any atom is 0.120 e. The van der Waals surface area contributed by atoms with Crippen molar-refractivity contribution < 1.29 is 0 Å². The van der Waals surface area contributed by atoms with E-state index in [-0.39, 0.29) is 27.1 Å². The van der Waals surface area contributed by atoms with Gasteiger partial charge in [0.2, 0.25) is 0 Å². The Morgan fingerprint density at radius 2 is 0.653 bits per heavy atom. The number of hydrogen-bond donors (Lipinski definition) is 2. The SMILES string of the molecule is CC(C)(C)c1ccc(-c2c3nc(c(-c4ccc(C(C)(C)C)cc4)c4ccc([nH]4)c(-c4ccc(C(C)(C)C)cc4)c4nc(cc5ccc2[nH]5)C([C+](c2ccc(C(C)(C)C)cc2)c2ccc(C(C)(C)C)cc2)=C4)C=C3)cc1. The van der Waals surface area contributed by atoms with Crippen molar-refractivity contribution in [2.24, 2.45) is 0 Å². The number of nitrogens with one attached hydrogen (secondary N) is 2. The zero-order chi connectivity index (χ0) is 53.4. The van der Waals surface area contributed by atoms with Gasteiger partial charge in [0.25, 0.3) is 0 Å². The van der Waals surface area contributed by atoms with Crippen LogP contribution in [0.1, 0.15) is 166 Å². The van der Waals surface area contributed by atoms with E-state index in [0.717, 1.165) is 101 Å². The number of aromatic nitrogens is 4. The number of H-pyrrole nitrogens is 2. The van der Waals surface area contributed by atoms with E-state index in [4.69, 9.17) is 9.97 Å². The maximum atomic E-state index is 5.77. The second kappa shape index (κ2) is 18.7. The van der Waals surface area contributed by atoms with Gasteiger partial charge in [-0.2, -0.15) is 0 Å². The van der Waals surface area contributed by atoms with Crippen LogP contribution in [0, 0.1) is 5.92 Å². The number of aromatic amines is 2. The summed E-state index contributed by atoms with van der Waals surface area (Å²) in [7, 11) is 0. The molecule has 4 heteroatoms. The molecule has 0 unspecified atom stereocenters. The highest BCUT2D eigenvalue weighted by atomic mass is 14.8. The van der Waals surface area contributed by atoms with Crippen LogP contribution in [0.4, 0.5) is 0 Å². The van der Waals surface area contributed by atoms with Gasteiger partial charge in [0, 0.05) is 50.9 Å². The first-order valence-electron chi connectivity index (χ1n) is 26.9. The Balaban J connectivity index is 1.33. The smallest absolute Gasteiger partial charge is 0.120 e. The van der Waals surface area contributed by atoms with Crippen LogP contribution in [0.3, 0.4) is 0 Å². The number of hydrogen-bond acceptors (Lipinski definition) is 2. The fourth-order valence-electron chi connectivity index (χ4n) is 10.5. The molecule has 8 bridgehead atoms. The Labute approximate surface area is 447 Å². The van der Waals surface area contributed by atoms with E-state index in [1.807, 2.05) is 0 Å². The molecule has 4 nitrogen and oxygen atoms in total. The lowest BCUT2D eigenvalue weighted by Gasteiger charge is -2.21. The van der Waals surface area contributed by atoms with Gasteiger partial charge in [-0.05, 0) is 157 Å². The van der Waals surface area contributed by atoms with Crippen molar-refractivity contribution in [3.8, 4) is 33.4 Å². The van der Waals surface area contributed by atoms with Crippen molar-refractivity contribution in [1.82, 2.24) is 19.9 Å². The third-order valence-electron chi connectivity index (χ3n) is 15.2. The summed E-state index contributed by atoms with van der Waals surface area (Å²) in [6.07, 6.45) is 6.71. The molecule has 3 aromatic heterocycles. The second-order valence-corrected chi connectivity index (χ2v) is 26.1. The molecule has 5 heterocycles. The van der Waals surface area contributed by atoms with E-state index >= 15 is 0 Å². The molecule has 378 valence electrons. The number of rotatable bonds is 6. The first-order chi connectivity index (χ1) is 35.3. The minimum atomic E-state index is -0.00800. The van der Waals surface area contributed by atoms with Crippen molar-refractivity contribution in [1.29, 1.82) is 0 Å². The minimum Gasteiger partial charge on any atom is -0.354 e. The number of fused-ring (bicyclic) bond motifs is 8. The highest BCUT2D eigenvalue weighted by molar-refractivity contribution is 6.02. The van der Waals surface area contributed by atoms with Crippen LogP contribution in [0.2, 0.25) is 0 Å². The van der Waals surface area contributed by atoms with Gasteiger partial charge in [-0.3, -0.25) is 0 Å². The quantitative estimate of drug-likeness (QED) is 0.163. The lowest BCUT2D eigenvalue weighted by Crippen LogP contribution is -2.13. The van der Waals surface area contributed by atoms with E-state index in [0.29, 0.717) is 0 Å². The molecule has 0 saturated carbocycles. The Bertz CT molecular complexity index is 3590. The highest BCUT2D eigenvalue weighted by Gasteiger charge is 2.33. The third-order valence-corrected chi connectivity index (χ3v) is 15.2. The summed E-state index contributed by atoms with van der Waals surface area (Å²) >= 11 is 0. The van der Waals surface area contributed by atoms with Crippen LogP contribution in [0.25, 0.3) is 79.2 Å². The predicted octanol–water partition coefficient (Wildman–Crippen LogP) is 19.2. The maximum absolute atomic E-state index is 5.77. The van der Waals surface area contributed by atoms with E-state index in [9.17, 15) is 0 Å². The molecular weight excluding hydrogens is 909 g/mol. The molecule has 0 radical (unpaired) electrons. The molecule has 0 spiro atoms. The van der Waals surface area contributed by atoms with Crippen LogP contribution < -0.4 is 0 Å². The van der Waals surface area contributed by atoms with Crippen LogP contribution >= 0.6 is 0 Å². The number of allylic oxidation sites excluding steroid dienone is 1. The standard InChI is InChI=1S/C71H75N4/c1-67(2,3)49-26-16-44(17-27-49)63(45-18-28-50(29-19-45)68(4,5)6)55-43-62-66(48-24-34-53(35-25-48)71(13,14)15)60-41-40-59(74-60)65(47-22-32-52(33-23-47)70(10,11)12)58-39-38-57(73-58)64(46-20-30-51(31-21-46)69(7,8)9)56-37-36-54(72-56)42-61(55)75-62/h16-43,72,74H,1-15H3/q+1. The molecule has 0 saturated heterocycles. The van der Waals surface area contributed by atoms with E-state index in [1.54, 1.807) is 0 Å². The number of nitrogens with zero attached hydrogens (tertiary/aromatic N) is 2. The van der Waals surface area contributed by atoms with Crippen LogP contribution in [-0.4, -0.2) is 19.9 Å². The van der Waals surface area contributed by atoms with Crippen LogP contribution in [0.15, 0.2) is 152 Å². The topological polar surface area (TPSA) is 57.4 Å². The van der Waals surface area contributed by atoms with Gasteiger partial charge in [0.05, 0.1) is 34.0 Å². The Hall–Kier alpha value is -7.43. The molecule has 2 aliphatic heterocycles. The van der Waals surface area contributed by atoms with E-state index in [2.05, 4.69) is 284 Å². The van der Waals surface area contributed by atoms with E-state index < -0.39 is 0 Å². The molecule has 0 atom stereocenters. The Kier molecular flexibility index (Phi) is 12.8. The molecule has 2 N–H and O–H groups in total. The third kappa shape index (κ3) is 10.4. The fraction of sp³-hybridized carbons (Fsp3) is 0.282. The zero-order valence-corrected chi connectivity index (χ0v) is 47.1. The predicted molar refractivity (Wildman–Crippen MR) is 322 cm³/mol. The van der Waals surface area contributed by atoms with Gasteiger partial charge < -0.3 is 9.97 Å². The van der Waals surface area contributed by atoms with Gasteiger partial charge in [-0.15, -0.1) is 0 Å². The average Bonchev–Trinajstić information content (AvgIpc) is 4.19. The summed E-state index contributed by atoms with van der Waals surface area (Å²) in [6, 6.07) is 56.7. The van der Waals surface area contributed by atoms with Crippen LogP contribution in [0.5, 0.6) is 0 Å². The second-order valence-electron chi connectivity index (χ2n) is 26.1. The molecule has 2 aliphatic rings. The largest absolute Gasteiger partial charge is 0.354 e. The average molecular weight is 984 g/mol. The fourth-order valence-corrected chi connectivity index (χ4v) is 10.5. The van der Waals surface area contributed by atoms with Crippen LogP contribution in [-0.2, 0) is 27.1 Å². The normalized spacial score (nSPS) is 13.3. The summed E-state index contributed by atoms with van der Waals surface area (Å²) < 4.78 is 0. The zero-order valence-electron chi connectivity index (χ0n) is 47.1. The van der Waals surface area contributed by atoms with Crippen molar-refractivity contribution in [3.63, 3.8) is 0 Å². The van der Waals surface area contributed by atoms with E-state index in [1.165, 1.54) is 27.8 Å². The van der Waals surface area contributed by atoms with Gasteiger partial charge in [-0.25, -0.2) is 9.97 Å². The lowest BCUT2D eigenvalue weighted by molar-refractivity contribution is 0.590. The monoisotopic (exact) mass is 984 g/mol. The molecule has 0 fully saturated rings. The summed E-state index contributed by atoms with van der Waals surface area (Å²) in [4.78, 5) is 19.3. The molecule has 0 amide bonds. The van der Waals surface area contributed by atoms with Crippen molar-refractivity contribution in [2.45, 2.75) is 131 Å². The molecular formula is C71H75N4+. The molecule has 8 aromatic rings. The summed E-state index contributed by atoms with van der Waals surface area (Å²) in [5.74, 6) is 1.13. The molecule has 75 heavy (non-hydrogen) atoms. The Morgan fingerprint density at radius 3 is 1.01 bits per heavy atom. The Morgan fingerprint density at radius 1 is 0.333 bits per heavy atom. The molecule has 10 rings (SSSR count). The molecule has 0 aliphatic carbocycles. The van der Waals surface area contributed by atoms with Gasteiger partial charge in [0.1, 0.15) is 11.4 Å². The highest BCUT2D eigenvalue weighted by Crippen LogP contribution is 2.44. The summed E-state index contributed by atoms with van der Waals surface area (Å²) in [6.45, 7) is 34.1. The van der Waals surface area contributed by atoms with Crippen molar-refractivity contribution in [2.75, 3.05) is 0 Å². The van der Waals surface area contributed by atoms with Gasteiger partial charge in [0.15, 0.2) is 0 Å². The first kappa shape index (κ1) is 51.1. The van der Waals surface area contributed by atoms with Gasteiger partial charge in [-0.1, -0.05) is 177 Å². The molecule has 5 aromatic carbocycles. The summed E-state index contributed by atoms with van der Waals surface area (Å²) in [5.41, 5.74) is 23.7. The van der Waals surface area contributed by atoms with Gasteiger partial charge >= 0.3 is 0 Å². The lowest BCUT2D eigenvalue weighted by atomic mass is 9.79.